The van der Waals surface area contributed by atoms with Crippen LogP contribution in [0.5, 0.6) is 5.75 Å². The Morgan fingerprint density at radius 1 is 0.941 bits per heavy atom. The summed E-state index contributed by atoms with van der Waals surface area (Å²) in [6, 6.07) is 9.76. The van der Waals surface area contributed by atoms with Gasteiger partial charge in [-0.25, -0.2) is 0 Å². The molecule has 0 saturated carbocycles. The van der Waals surface area contributed by atoms with Crippen molar-refractivity contribution in [3.8, 4) is 17.0 Å². The van der Waals surface area contributed by atoms with Crippen LogP contribution in [0, 0.1) is 13.8 Å². The van der Waals surface area contributed by atoms with E-state index in [2.05, 4.69) is 4.98 Å². The van der Waals surface area contributed by atoms with Crippen LogP contribution in [0.3, 0.4) is 0 Å². The first-order valence-electron chi connectivity index (χ1n) is 5.90. The first kappa shape index (κ1) is 13.2. The van der Waals surface area contributed by atoms with Gasteiger partial charge in [-0.05, 0) is 25.5 Å². The molecule has 0 radical (unpaired) electrons. The Bertz CT molecular complexity index is 475. The molecule has 1 N–H and O–H groups in total. The first-order valence-corrected chi connectivity index (χ1v) is 5.90. The summed E-state index contributed by atoms with van der Waals surface area (Å²) in [7, 11) is 0. The fourth-order valence-electron chi connectivity index (χ4n) is 1.47. The third-order valence-corrected chi connectivity index (χ3v) is 2.45. The lowest BCUT2D eigenvalue weighted by Gasteiger charge is -2.05. The number of rotatable bonds is 1. The molecule has 0 aliphatic rings. The normalized spacial score (nSPS) is 9.41. The van der Waals surface area contributed by atoms with Crippen LogP contribution in [0.4, 0.5) is 0 Å². The average molecular weight is 229 g/mol. The van der Waals surface area contributed by atoms with E-state index in [1.807, 2.05) is 52.0 Å². The topological polar surface area (TPSA) is 33.1 Å². The highest BCUT2D eigenvalue weighted by molar-refractivity contribution is 5.67. The van der Waals surface area contributed by atoms with Crippen molar-refractivity contribution in [3.05, 3.63) is 47.7 Å². The maximum Gasteiger partial charge on any atom is 0.144 e. The molecule has 0 atom stereocenters. The summed E-state index contributed by atoms with van der Waals surface area (Å²) in [4.78, 5) is 4.19. The number of nitrogens with zero attached hydrogens (tertiary/aromatic N) is 1. The lowest BCUT2D eigenvalue weighted by atomic mass is 10.1. The van der Waals surface area contributed by atoms with Crippen LogP contribution in [0.2, 0.25) is 0 Å². The number of hydrogen-bond acceptors (Lipinski definition) is 2. The van der Waals surface area contributed by atoms with Crippen molar-refractivity contribution in [2.45, 2.75) is 27.7 Å². The Morgan fingerprint density at radius 3 is 2.12 bits per heavy atom. The van der Waals surface area contributed by atoms with Gasteiger partial charge in [0.2, 0.25) is 0 Å². The van der Waals surface area contributed by atoms with E-state index in [0.717, 1.165) is 11.1 Å². The van der Waals surface area contributed by atoms with E-state index >= 15 is 0 Å². The molecule has 0 bridgehead atoms. The first-order chi connectivity index (χ1) is 8.18. The van der Waals surface area contributed by atoms with Gasteiger partial charge in [-0.2, -0.15) is 0 Å². The third-order valence-electron chi connectivity index (χ3n) is 2.45. The minimum Gasteiger partial charge on any atom is -0.505 e. The summed E-state index contributed by atoms with van der Waals surface area (Å²) in [5.74, 6) is 0.265. The molecule has 0 aliphatic carbocycles. The van der Waals surface area contributed by atoms with Gasteiger partial charge in [0.15, 0.2) is 0 Å². The van der Waals surface area contributed by atoms with Crippen LogP contribution in [0.15, 0.2) is 36.5 Å². The largest absolute Gasteiger partial charge is 0.505 e. The van der Waals surface area contributed by atoms with E-state index in [1.165, 1.54) is 5.56 Å². The van der Waals surface area contributed by atoms with Crippen LogP contribution in [-0.2, 0) is 0 Å². The lowest BCUT2D eigenvalue weighted by molar-refractivity contribution is 0.471. The van der Waals surface area contributed by atoms with Gasteiger partial charge in [-0.15, -0.1) is 0 Å². The highest BCUT2D eigenvalue weighted by atomic mass is 16.3. The van der Waals surface area contributed by atoms with Gasteiger partial charge >= 0.3 is 0 Å². The molecule has 90 valence electrons. The van der Waals surface area contributed by atoms with Crippen LogP contribution >= 0.6 is 0 Å². The molecule has 0 aliphatic heterocycles. The van der Waals surface area contributed by atoms with E-state index in [0.29, 0.717) is 5.69 Å². The molecule has 0 saturated heterocycles. The third kappa shape index (κ3) is 3.06. The van der Waals surface area contributed by atoms with Gasteiger partial charge < -0.3 is 5.11 Å². The quantitative estimate of drug-likeness (QED) is 0.798. The Morgan fingerprint density at radius 2 is 1.53 bits per heavy atom. The minimum atomic E-state index is 0.265. The number of aromatic hydroxyl groups is 1. The van der Waals surface area contributed by atoms with Crippen molar-refractivity contribution < 1.29 is 5.11 Å². The molecule has 1 aromatic carbocycles. The zero-order valence-corrected chi connectivity index (χ0v) is 10.9. The lowest BCUT2D eigenvalue weighted by Crippen LogP contribution is -1.86. The Labute approximate surface area is 103 Å². The maximum absolute atomic E-state index is 9.86. The van der Waals surface area contributed by atoms with Crippen molar-refractivity contribution in [1.29, 1.82) is 0 Å². The molecule has 0 amide bonds. The molecule has 1 heterocycles. The zero-order valence-electron chi connectivity index (χ0n) is 10.9. The van der Waals surface area contributed by atoms with Gasteiger partial charge in [0.25, 0.3) is 0 Å². The van der Waals surface area contributed by atoms with E-state index < -0.39 is 0 Å². The SMILES string of the molecule is CC.Cc1ccc(-c2nccc(C)c2O)cc1. The Hall–Kier alpha value is -1.83. The maximum atomic E-state index is 9.86. The van der Waals surface area contributed by atoms with Crippen LogP contribution < -0.4 is 0 Å². The summed E-state index contributed by atoms with van der Waals surface area (Å²) in [5, 5.41) is 9.86. The molecule has 2 aromatic rings. The van der Waals surface area contributed by atoms with E-state index in [1.54, 1.807) is 12.3 Å². The van der Waals surface area contributed by atoms with Gasteiger partial charge in [-0.1, -0.05) is 43.7 Å². The number of benzene rings is 1. The average Bonchev–Trinajstić information content (AvgIpc) is 2.37. The van der Waals surface area contributed by atoms with E-state index in [-0.39, 0.29) is 5.75 Å². The highest BCUT2D eigenvalue weighted by Crippen LogP contribution is 2.29. The number of hydrogen-bond donors (Lipinski definition) is 1. The molecule has 0 unspecified atom stereocenters. The standard InChI is InChI=1S/C13H13NO.C2H6/c1-9-3-5-11(6-4-9)12-13(15)10(2)7-8-14-12;1-2/h3-8,15H,1-2H3;1-2H3. The second-order valence-corrected chi connectivity index (χ2v) is 3.69. The number of aromatic nitrogens is 1. The number of pyridine rings is 1. The van der Waals surface area contributed by atoms with Crippen molar-refractivity contribution in [2.75, 3.05) is 0 Å². The van der Waals surface area contributed by atoms with E-state index in [9.17, 15) is 5.11 Å². The molecule has 0 fully saturated rings. The van der Waals surface area contributed by atoms with Gasteiger partial charge in [0.05, 0.1) is 0 Å². The predicted octanol–water partition coefficient (Wildman–Crippen LogP) is 4.10. The van der Waals surface area contributed by atoms with Crippen LogP contribution in [0.1, 0.15) is 25.0 Å². The Balaban J connectivity index is 0.000000686. The second-order valence-electron chi connectivity index (χ2n) is 3.69. The molecule has 2 nitrogen and oxygen atoms in total. The fourth-order valence-corrected chi connectivity index (χ4v) is 1.47. The highest BCUT2D eigenvalue weighted by Gasteiger charge is 2.06. The monoisotopic (exact) mass is 229 g/mol. The second kappa shape index (κ2) is 6.04. The fraction of sp³-hybridized carbons (Fsp3) is 0.267. The smallest absolute Gasteiger partial charge is 0.144 e. The molecular formula is C15H19NO. The molecule has 2 rings (SSSR count). The Kier molecular flexibility index (Phi) is 4.70. The van der Waals surface area contributed by atoms with Gasteiger partial charge in [-0.3, -0.25) is 4.98 Å². The van der Waals surface area contributed by atoms with Gasteiger partial charge in [0.1, 0.15) is 11.4 Å². The predicted molar refractivity (Wildman–Crippen MR) is 72.2 cm³/mol. The molecule has 2 heteroatoms. The van der Waals surface area contributed by atoms with Crippen molar-refractivity contribution in [3.63, 3.8) is 0 Å². The van der Waals surface area contributed by atoms with Crippen molar-refractivity contribution >= 4 is 0 Å². The van der Waals surface area contributed by atoms with Crippen LogP contribution in [-0.4, -0.2) is 10.1 Å². The molecular weight excluding hydrogens is 210 g/mol. The summed E-state index contributed by atoms with van der Waals surface area (Å²) in [6.07, 6.45) is 1.71. The number of aryl methyl sites for hydroxylation is 2. The summed E-state index contributed by atoms with van der Waals surface area (Å²) >= 11 is 0. The van der Waals surface area contributed by atoms with E-state index in [4.69, 9.17) is 0 Å². The summed E-state index contributed by atoms with van der Waals surface area (Å²) in [6.45, 7) is 7.90. The summed E-state index contributed by atoms with van der Waals surface area (Å²) < 4.78 is 0. The molecule has 17 heavy (non-hydrogen) atoms. The zero-order chi connectivity index (χ0) is 12.8. The summed E-state index contributed by atoms with van der Waals surface area (Å²) in [5.41, 5.74) is 3.64. The van der Waals surface area contributed by atoms with Crippen molar-refractivity contribution in [1.82, 2.24) is 4.98 Å². The van der Waals surface area contributed by atoms with Crippen LogP contribution in [0.25, 0.3) is 11.3 Å². The van der Waals surface area contributed by atoms with Gasteiger partial charge in [0, 0.05) is 11.8 Å². The molecule has 0 spiro atoms. The molecule has 1 aromatic heterocycles. The minimum absolute atomic E-state index is 0.265. The van der Waals surface area contributed by atoms with Crippen molar-refractivity contribution in [2.24, 2.45) is 0 Å².